The van der Waals surface area contributed by atoms with Crippen LogP contribution in [0.5, 0.6) is 0 Å². The van der Waals surface area contributed by atoms with Crippen LogP contribution in [0.2, 0.25) is 0 Å². The molecule has 1 saturated heterocycles. The molecule has 2 aliphatic carbocycles. The minimum absolute atomic E-state index is 0.324. The Hall–Kier alpha value is -0.355. The van der Waals surface area contributed by atoms with Crippen LogP contribution in [0.25, 0.3) is 11.1 Å². The largest absolute Gasteiger partial charge is 0.494 e. The number of halogens is 2. The lowest BCUT2D eigenvalue weighted by molar-refractivity contribution is 0.00578. The third-order valence-corrected chi connectivity index (χ3v) is 5.76. The Balaban J connectivity index is 2.04. The van der Waals surface area contributed by atoms with Crippen molar-refractivity contribution < 1.29 is 9.31 Å². The monoisotopic (exact) mass is 410 g/mol. The van der Waals surface area contributed by atoms with E-state index in [2.05, 4.69) is 83.8 Å². The van der Waals surface area contributed by atoms with Gasteiger partial charge < -0.3 is 9.31 Å². The quantitative estimate of drug-likeness (QED) is 0.638. The summed E-state index contributed by atoms with van der Waals surface area (Å²) in [6, 6.07) is 10.4. The second-order valence-corrected chi connectivity index (χ2v) is 8.13. The standard InChI is InChI=1S/C16H17BBr2O2/c1-15(2)16(3,4)21-17(20-15)10-6-5-7-11-12(8-10)14(19)9-13(11)18/h5-9H,1-4H3. The number of fused-ring (bicyclic) bond motifs is 1. The van der Waals surface area contributed by atoms with Gasteiger partial charge in [0.25, 0.3) is 0 Å². The van der Waals surface area contributed by atoms with Gasteiger partial charge in [0.2, 0.25) is 0 Å². The molecule has 110 valence electrons. The summed E-state index contributed by atoms with van der Waals surface area (Å²) in [7, 11) is -0.342. The summed E-state index contributed by atoms with van der Waals surface area (Å²) in [5, 5.41) is 0. The predicted octanol–water partition coefficient (Wildman–Crippen LogP) is 4.62. The summed E-state index contributed by atoms with van der Waals surface area (Å²) >= 11 is 7.20. The molecule has 0 atom stereocenters. The molecule has 1 heterocycles. The highest BCUT2D eigenvalue weighted by Gasteiger charge is 2.51. The lowest BCUT2D eigenvalue weighted by atomic mass is 9.79. The van der Waals surface area contributed by atoms with Crippen molar-refractivity contribution in [3.63, 3.8) is 0 Å². The normalized spacial score (nSPS) is 20.2. The summed E-state index contributed by atoms with van der Waals surface area (Å²) in [6.45, 7) is 8.28. The highest BCUT2D eigenvalue weighted by molar-refractivity contribution is 9.11. The van der Waals surface area contributed by atoms with Crippen LogP contribution < -0.4 is 5.46 Å². The van der Waals surface area contributed by atoms with Crippen molar-refractivity contribution in [3.8, 4) is 11.1 Å². The maximum absolute atomic E-state index is 6.14. The highest BCUT2D eigenvalue weighted by atomic mass is 79.9. The van der Waals surface area contributed by atoms with Crippen LogP contribution in [0, 0.1) is 0 Å². The molecule has 0 saturated carbocycles. The molecule has 21 heavy (non-hydrogen) atoms. The molecule has 0 aromatic heterocycles. The Kier molecular flexibility index (Phi) is 3.76. The molecule has 0 unspecified atom stereocenters. The zero-order chi connectivity index (χ0) is 15.4. The summed E-state index contributed by atoms with van der Waals surface area (Å²) in [5.41, 5.74) is 2.70. The van der Waals surface area contributed by atoms with E-state index in [9.17, 15) is 0 Å². The van der Waals surface area contributed by atoms with Gasteiger partial charge in [0.15, 0.2) is 0 Å². The van der Waals surface area contributed by atoms with E-state index in [4.69, 9.17) is 9.31 Å². The Morgan fingerprint density at radius 1 is 0.857 bits per heavy atom. The van der Waals surface area contributed by atoms with Crippen LogP contribution in [0.3, 0.4) is 0 Å². The fourth-order valence-electron chi connectivity index (χ4n) is 2.44. The molecule has 0 N–H and O–H groups in total. The SMILES string of the molecule is CC1(C)OB(c2cccc3c(Br)cc(Br)c-3c2)OC1(C)C. The number of hydrogen-bond acceptors (Lipinski definition) is 2. The molecule has 2 nitrogen and oxygen atoms in total. The minimum Gasteiger partial charge on any atom is -0.399 e. The van der Waals surface area contributed by atoms with E-state index in [1.165, 1.54) is 5.56 Å². The van der Waals surface area contributed by atoms with Gasteiger partial charge in [-0.05, 0) is 50.4 Å². The molecule has 0 spiro atoms. The molecule has 1 fully saturated rings. The van der Waals surface area contributed by atoms with E-state index in [0.29, 0.717) is 0 Å². The molecule has 3 aliphatic rings. The fraction of sp³-hybridized carbons (Fsp3) is 0.375. The molecule has 5 heteroatoms. The Labute approximate surface area is 143 Å². The fourth-order valence-corrected chi connectivity index (χ4v) is 3.87. The van der Waals surface area contributed by atoms with Gasteiger partial charge in [-0.25, -0.2) is 0 Å². The average molecular weight is 412 g/mol. The van der Waals surface area contributed by atoms with Crippen molar-refractivity contribution in [2.24, 2.45) is 0 Å². The smallest absolute Gasteiger partial charge is 0.399 e. The molecule has 0 aromatic rings. The molecule has 0 amide bonds. The van der Waals surface area contributed by atoms with E-state index in [1.54, 1.807) is 0 Å². The topological polar surface area (TPSA) is 18.5 Å². The average Bonchev–Trinajstić information content (AvgIpc) is 2.68. The molecule has 0 radical (unpaired) electrons. The lowest BCUT2D eigenvalue weighted by Gasteiger charge is -2.32. The van der Waals surface area contributed by atoms with Crippen molar-refractivity contribution in [2.75, 3.05) is 0 Å². The zero-order valence-electron chi connectivity index (χ0n) is 12.5. The second-order valence-electron chi connectivity index (χ2n) is 6.43. The molecular formula is C16H17BBr2O2. The van der Waals surface area contributed by atoms with Gasteiger partial charge in [-0.3, -0.25) is 0 Å². The van der Waals surface area contributed by atoms with Crippen molar-refractivity contribution in [1.29, 1.82) is 0 Å². The first-order chi connectivity index (χ1) is 9.71. The van der Waals surface area contributed by atoms with Crippen LogP contribution in [-0.2, 0) is 9.31 Å². The van der Waals surface area contributed by atoms with Gasteiger partial charge >= 0.3 is 7.12 Å². The van der Waals surface area contributed by atoms with Gasteiger partial charge in [-0.1, -0.05) is 56.1 Å². The summed E-state index contributed by atoms with van der Waals surface area (Å²) < 4.78 is 14.4. The molecule has 0 aromatic carbocycles. The van der Waals surface area contributed by atoms with Crippen LogP contribution in [0.1, 0.15) is 27.7 Å². The van der Waals surface area contributed by atoms with Crippen LogP contribution in [-0.4, -0.2) is 18.3 Å². The van der Waals surface area contributed by atoms with Crippen molar-refractivity contribution in [1.82, 2.24) is 0 Å². The number of rotatable bonds is 1. The Bertz CT molecular complexity index is 654. The van der Waals surface area contributed by atoms with E-state index < -0.39 is 0 Å². The first kappa shape index (κ1) is 15.5. The Morgan fingerprint density at radius 2 is 1.43 bits per heavy atom. The van der Waals surface area contributed by atoms with Gasteiger partial charge in [-0.15, -0.1) is 0 Å². The van der Waals surface area contributed by atoms with Crippen molar-refractivity contribution in [2.45, 2.75) is 38.9 Å². The third-order valence-electron chi connectivity index (χ3n) is 4.45. The Morgan fingerprint density at radius 3 is 2.05 bits per heavy atom. The maximum atomic E-state index is 6.14. The van der Waals surface area contributed by atoms with Crippen LogP contribution in [0.15, 0.2) is 39.3 Å². The molecule has 3 rings (SSSR count). The first-order valence-corrected chi connectivity index (χ1v) is 8.53. The maximum Gasteiger partial charge on any atom is 0.494 e. The van der Waals surface area contributed by atoms with Gasteiger partial charge in [0, 0.05) is 8.95 Å². The van der Waals surface area contributed by atoms with Crippen molar-refractivity contribution >= 4 is 44.4 Å². The first-order valence-electron chi connectivity index (χ1n) is 6.95. The number of hydrogen-bond donors (Lipinski definition) is 0. The highest BCUT2D eigenvalue weighted by Crippen LogP contribution is 2.40. The molecule has 1 aliphatic heterocycles. The van der Waals surface area contributed by atoms with Gasteiger partial charge in [0.1, 0.15) is 0 Å². The van der Waals surface area contributed by atoms with E-state index in [-0.39, 0.29) is 18.3 Å². The van der Waals surface area contributed by atoms with Crippen LogP contribution >= 0.6 is 31.9 Å². The predicted molar refractivity (Wildman–Crippen MR) is 94.2 cm³/mol. The van der Waals surface area contributed by atoms with Crippen LogP contribution in [0.4, 0.5) is 0 Å². The van der Waals surface area contributed by atoms with Crippen molar-refractivity contribution in [3.05, 3.63) is 39.3 Å². The summed E-state index contributed by atoms with van der Waals surface area (Å²) in [5.74, 6) is 0. The minimum atomic E-state index is -0.342. The molecule has 0 bridgehead atoms. The van der Waals surface area contributed by atoms with E-state index in [0.717, 1.165) is 20.0 Å². The third kappa shape index (κ3) is 2.58. The van der Waals surface area contributed by atoms with E-state index in [1.807, 2.05) is 6.07 Å². The second kappa shape index (κ2) is 5.09. The summed E-state index contributed by atoms with van der Waals surface area (Å²) in [4.78, 5) is 0. The molecular weight excluding hydrogens is 395 g/mol. The zero-order valence-corrected chi connectivity index (χ0v) is 15.7. The summed E-state index contributed by atoms with van der Waals surface area (Å²) in [6.07, 6.45) is 0. The van der Waals surface area contributed by atoms with Gasteiger partial charge in [0.05, 0.1) is 11.2 Å². The lowest BCUT2D eigenvalue weighted by Crippen LogP contribution is -2.41. The van der Waals surface area contributed by atoms with E-state index >= 15 is 0 Å². The van der Waals surface area contributed by atoms with Gasteiger partial charge in [-0.2, -0.15) is 0 Å².